The molecule has 0 bridgehead atoms. The highest BCUT2D eigenvalue weighted by Crippen LogP contribution is 2.23. The minimum Gasteiger partial charge on any atom is -0.496 e. The second kappa shape index (κ2) is 8.12. The number of rotatable bonds is 6. The van der Waals surface area contributed by atoms with Gasteiger partial charge in [-0.25, -0.2) is 4.39 Å². The van der Waals surface area contributed by atoms with Gasteiger partial charge in [-0.2, -0.15) is 0 Å². The van der Waals surface area contributed by atoms with Crippen molar-refractivity contribution < 1.29 is 18.7 Å². The van der Waals surface area contributed by atoms with Crippen LogP contribution in [0.3, 0.4) is 0 Å². The number of ether oxygens (including phenoxy) is 2. The van der Waals surface area contributed by atoms with Gasteiger partial charge in [0.15, 0.2) is 0 Å². The molecule has 1 aliphatic heterocycles. The first-order valence-electron chi connectivity index (χ1n) is 8.46. The molecule has 132 valence electrons. The van der Waals surface area contributed by atoms with Crippen molar-refractivity contribution in [3.63, 3.8) is 0 Å². The number of carbonyl (C=O) groups excluding carboxylic acids is 1. The van der Waals surface area contributed by atoms with Crippen LogP contribution >= 0.6 is 0 Å². The van der Waals surface area contributed by atoms with Gasteiger partial charge in [0.1, 0.15) is 11.6 Å². The summed E-state index contributed by atoms with van der Waals surface area (Å²) in [6, 6.07) is 13.6. The van der Waals surface area contributed by atoms with Gasteiger partial charge in [-0.15, -0.1) is 0 Å². The summed E-state index contributed by atoms with van der Waals surface area (Å²) in [6.45, 7) is 1.34. The van der Waals surface area contributed by atoms with E-state index in [0.29, 0.717) is 30.0 Å². The van der Waals surface area contributed by atoms with E-state index in [1.807, 2.05) is 6.07 Å². The Morgan fingerprint density at radius 3 is 2.72 bits per heavy atom. The standard InChI is InChI=1S/C20H22FNO3/c1-24-19-11-5-3-9-17(19)20(23)22(14-16-8-6-12-25-16)13-15-7-2-4-10-18(15)21/h2-5,7,9-11,16H,6,8,12-14H2,1H3. The summed E-state index contributed by atoms with van der Waals surface area (Å²) < 4.78 is 25.1. The zero-order valence-electron chi connectivity index (χ0n) is 14.3. The third-order valence-electron chi connectivity index (χ3n) is 4.39. The van der Waals surface area contributed by atoms with Gasteiger partial charge in [0, 0.05) is 25.3 Å². The first-order chi connectivity index (χ1) is 12.2. The van der Waals surface area contributed by atoms with E-state index in [9.17, 15) is 9.18 Å². The molecule has 5 heteroatoms. The molecule has 2 aromatic rings. The molecule has 1 fully saturated rings. The number of halogens is 1. The topological polar surface area (TPSA) is 38.8 Å². The largest absolute Gasteiger partial charge is 0.496 e. The predicted molar refractivity (Wildman–Crippen MR) is 93.1 cm³/mol. The van der Waals surface area contributed by atoms with Crippen LogP contribution in [0.25, 0.3) is 0 Å². The summed E-state index contributed by atoms with van der Waals surface area (Å²) in [5.74, 6) is 0.0160. The van der Waals surface area contributed by atoms with E-state index < -0.39 is 0 Å². The minimum absolute atomic E-state index is 0.00886. The fourth-order valence-electron chi connectivity index (χ4n) is 3.08. The fourth-order valence-corrected chi connectivity index (χ4v) is 3.08. The van der Waals surface area contributed by atoms with Crippen molar-refractivity contribution in [3.05, 3.63) is 65.5 Å². The number of hydrogen-bond donors (Lipinski definition) is 0. The predicted octanol–water partition coefficient (Wildman–Crippen LogP) is 3.66. The molecule has 25 heavy (non-hydrogen) atoms. The molecule has 1 atom stereocenters. The number of para-hydroxylation sites is 1. The summed E-state index contributed by atoms with van der Waals surface area (Å²) in [4.78, 5) is 14.7. The highest BCUT2D eigenvalue weighted by atomic mass is 19.1. The van der Waals surface area contributed by atoms with Gasteiger partial charge < -0.3 is 14.4 Å². The molecule has 0 radical (unpaired) electrons. The average Bonchev–Trinajstić information content (AvgIpc) is 3.15. The van der Waals surface area contributed by atoms with Crippen LogP contribution in [0.2, 0.25) is 0 Å². The van der Waals surface area contributed by atoms with Gasteiger partial charge in [0.05, 0.1) is 18.8 Å². The van der Waals surface area contributed by atoms with E-state index in [1.165, 1.54) is 13.2 Å². The second-order valence-corrected chi connectivity index (χ2v) is 6.11. The van der Waals surface area contributed by atoms with Gasteiger partial charge in [-0.3, -0.25) is 4.79 Å². The summed E-state index contributed by atoms with van der Waals surface area (Å²) in [5.41, 5.74) is 0.961. The maximum absolute atomic E-state index is 14.1. The molecule has 1 amide bonds. The molecule has 0 saturated carbocycles. The van der Waals surface area contributed by atoms with Gasteiger partial charge in [-0.1, -0.05) is 30.3 Å². The van der Waals surface area contributed by atoms with Crippen LogP contribution in [-0.2, 0) is 11.3 Å². The van der Waals surface area contributed by atoms with Crippen LogP contribution in [0.1, 0.15) is 28.8 Å². The van der Waals surface area contributed by atoms with Gasteiger partial charge in [-0.05, 0) is 31.0 Å². The van der Waals surface area contributed by atoms with Gasteiger partial charge >= 0.3 is 0 Å². The molecule has 0 aromatic heterocycles. The third kappa shape index (κ3) is 4.17. The molecule has 1 aliphatic rings. The molecule has 0 aliphatic carbocycles. The molecule has 1 unspecified atom stereocenters. The quantitative estimate of drug-likeness (QED) is 0.803. The molecular formula is C20H22FNO3. The zero-order valence-corrected chi connectivity index (χ0v) is 14.3. The highest BCUT2D eigenvalue weighted by molar-refractivity contribution is 5.97. The molecule has 4 nitrogen and oxygen atoms in total. The maximum atomic E-state index is 14.1. The lowest BCUT2D eigenvalue weighted by Gasteiger charge is -2.26. The van der Waals surface area contributed by atoms with E-state index in [-0.39, 0.29) is 24.4 Å². The van der Waals surface area contributed by atoms with Crippen LogP contribution in [0.4, 0.5) is 4.39 Å². The number of amides is 1. The molecule has 2 aromatic carbocycles. The summed E-state index contributed by atoms with van der Waals surface area (Å²) >= 11 is 0. The number of carbonyl (C=O) groups is 1. The van der Waals surface area contributed by atoms with Crippen LogP contribution in [0, 0.1) is 5.82 Å². The fraction of sp³-hybridized carbons (Fsp3) is 0.350. The number of benzene rings is 2. The number of methoxy groups -OCH3 is 1. The van der Waals surface area contributed by atoms with Crippen molar-refractivity contribution in [3.8, 4) is 5.75 Å². The Morgan fingerprint density at radius 1 is 1.24 bits per heavy atom. The van der Waals surface area contributed by atoms with Gasteiger partial charge in [0.25, 0.3) is 5.91 Å². The molecule has 0 spiro atoms. The summed E-state index contributed by atoms with van der Waals surface area (Å²) in [7, 11) is 1.54. The smallest absolute Gasteiger partial charge is 0.258 e. The monoisotopic (exact) mass is 343 g/mol. The van der Waals surface area contributed by atoms with E-state index in [0.717, 1.165) is 12.8 Å². The van der Waals surface area contributed by atoms with Crippen LogP contribution < -0.4 is 4.74 Å². The molecular weight excluding hydrogens is 321 g/mol. The number of hydrogen-bond acceptors (Lipinski definition) is 3. The van der Waals surface area contributed by atoms with E-state index in [2.05, 4.69) is 0 Å². The van der Waals surface area contributed by atoms with Crippen molar-refractivity contribution in [2.45, 2.75) is 25.5 Å². The Labute approximate surface area is 147 Å². The van der Waals surface area contributed by atoms with Crippen molar-refractivity contribution in [1.29, 1.82) is 0 Å². The lowest BCUT2D eigenvalue weighted by molar-refractivity contribution is 0.0502. The van der Waals surface area contributed by atoms with Crippen molar-refractivity contribution >= 4 is 5.91 Å². The third-order valence-corrected chi connectivity index (χ3v) is 4.39. The van der Waals surface area contributed by atoms with Crippen LogP contribution in [0.5, 0.6) is 5.75 Å². The van der Waals surface area contributed by atoms with E-state index in [4.69, 9.17) is 9.47 Å². The normalized spacial score (nSPS) is 16.6. The molecule has 1 saturated heterocycles. The lowest BCUT2D eigenvalue weighted by Crippen LogP contribution is -2.37. The Kier molecular flexibility index (Phi) is 5.66. The first-order valence-corrected chi connectivity index (χ1v) is 8.46. The Balaban J connectivity index is 1.86. The van der Waals surface area contributed by atoms with Crippen LogP contribution in [-0.4, -0.2) is 37.2 Å². The maximum Gasteiger partial charge on any atom is 0.258 e. The Hall–Kier alpha value is -2.40. The highest BCUT2D eigenvalue weighted by Gasteiger charge is 2.25. The SMILES string of the molecule is COc1ccccc1C(=O)N(Cc1ccccc1F)CC1CCCO1. The molecule has 1 heterocycles. The van der Waals surface area contributed by atoms with Crippen molar-refractivity contribution in [1.82, 2.24) is 4.90 Å². The second-order valence-electron chi connectivity index (χ2n) is 6.11. The average molecular weight is 343 g/mol. The molecule has 3 rings (SSSR count). The summed E-state index contributed by atoms with van der Waals surface area (Å²) in [5, 5.41) is 0. The van der Waals surface area contributed by atoms with E-state index >= 15 is 0 Å². The summed E-state index contributed by atoms with van der Waals surface area (Å²) in [6.07, 6.45) is 1.89. The Bertz CT molecular complexity index is 728. The van der Waals surface area contributed by atoms with Gasteiger partial charge in [0.2, 0.25) is 0 Å². The van der Waals surface area contributed by atoms with Crippen molar-refractivity contribution in [2.24, 2.45) is 0 Å². The zero-order chi connectivity index (χ0) is 17.6. The van der Waals surface area contributed by atoms with Crippen molar-refractivity contribution in [2.75, 3.05) is 20.3 Å². The minimum atomic E-state index is -0.312. The molecule has 0 N–H and O–H groups in total. The van der Waals surface area contributed by atoms with Crippen LogP contribution in [0.15, 0.2) is 48.5 Å². The Morgan fingerprint density at radius 2 is 2.00 bits per heavy atom. The first kappa shape index (κ1) is 17.4. The van der Waals surface area contributed by atoms with E-state index in [1.54, 1.807) is 41.3 Å². The number of nitrogens with zero attached hydrogens (tertiary/aromatic N) is 1. The lowest BCUT2D eigenvalue weighted by atomic mass is 10.1.